The van der Waals surface area contributed by atoms with Gasteiger partial charge < -0.3 is 0 Å². The smallest absolute Gasteiger partial charge is 0.121 e. The van der Waals surface area contributed by atoms with Gasteiger partial charge in [0.05, 0.1) is 0 Å². The number of halogens is 3. The van der Waals surface area contributed by atoms with E-state index in [0.717, 1.165) is 37.3 Å². The third kappa shape index (κ3) is 4.48. The summed E-state index contributed by atoms with van der Waals surface area (Å²) in [6.45, 7) is 5.80. The molecule has 0 aliphatic heterocycles. The maximum absolute atomic E-state index is 6.24. The van der Waals surface area contributed by atoms with Crippen molar-refractivity contribution in [2.24, 2.45) is 0 Å². The molecule has 0 aromatic carbocycles. The fourth-order valence-electron chi connectivity index (χ4n) is 2.32. The van der Waals surface area contributed by atoms with E-state index < -0.39 is 6.00 Å². The van der Waals surface area contributed by atoms with Gasteiger partial charge in [0.25, 0.3) is 0 Å². The molecule has 96 valence electrons. The van der Waals surface area contributed by atoms with Crippen LogP contribution < -0.4 is 0 Å². The van der Waals surface area contributed by atoms with Crippen molar-refractivity contribution in [1.29, 1.82) is 0 Å². The molecule has 0 amide bonds. The van der Waals surface area contributed by atoms with Crippen LogP contribution in [0.25, 0.3) is 0 Å². The molecule has 1 aliphatic carbocycles. The predicted molar refractivity (Wildman–Crippen MR) is 82.0 cm³/mol. The van der Waals surface area contributed by atoms with Gasteiger partial charge in [-0.15, -0.1) is 39.8 Å². The molecule has 0 spiro atoms. The van der Waals surface area contributed by atoms with E-state index in [1.807, 2.05) is 6.08 Å². The van der Waals surface area contributed by atoms with Crippen molar-refractivity contribution in [3.63, 3.8) is 0 Å². The second-order valence-electron chi connectivity index (χ2n) is 4.30. The largest absolute Gasteiger partial charge is 0.369 e. The first-order chi connectivity index (χ1) is 8.00. The van der Waals surface area contributed by atoms with Gasteiger partial charge in [0, 0.05) is 0 Å². The molecule has 0 aromatic rings. The summed E-state index contributed by atoms with van der Waals surface area (Å²) in [6.07, 6.45) is 10.4. The normalized spacial score (nSPS) is 22.0. The fraction of sp³-hybridized carbons (Fsp3) is 0.538. The quantitative estimate of drug-likeness (QED) is 0.254. The van der Waals surface area contributed by atoms with Crippen LogP contribution in [0, 0.1) is 0 Å². The van der Waals surface area contributed by atoms with E-state index in [9.17, 15) is 0 Å². The average molecular weight is 310 g/mol. The Kier molecular flexibility index (Phi) is 6.36. The van der Waals surface area contributed by atoms with Crippen LogP contribution in [0.4, 0.5) is 0 Å². The summed E-state index contributed by atoms with van der Waals surface area (Å²) in [5.41, 5.74) is 2.72. The van der Waals surface area contributed by atoms with Gasteiger partial charge in [0.1, 0.15) is 0 Å². The minimum absolute atomic E-state index is 0.904. The molecule has 4 heteroatoms. The van der Waals surface area contributed by atoms with Gasteiger partial charge in [-0.2, -0.15) is 0 Å². The molecule has 0 nitrogen and oxygen atoms in total. The summed E-state index contributed by atoms with van der Waals surface area (Å²) in [5, 5.41) is 1.12. The predicted octanol–water partition coefficient (Wildman–Crippen LogP) is 5.96. The van der Waals surface area contributed by atoms with Crippen molar-refractivity contribution in [2.75, 3.05) is 0 Å². The van der Waals surface area contributed by atoms with Crippen LogP contribution >= 0.6 is 33.2 Å². The van der Waals surface area contributed by atoms with Crippen LogP contribution in [0.15, 0.2) is 35.1 Å². The summed E-state index contributed by atoms with van der Waals surface area (Å²) >= 11 is 18.7. The lowest BCUT2D eigenvalue weighted by atomic mass is 10.1. The third-order valence-corrected chi connectivity index (χ3v) is 6.44. The Morgan fingerprint density at radius 2 is 2.06 bits per heavy atom. The van der Waals surface area contributed by atoms with E-state index in [-0.39, 0.29) is 0 Å². The molecule has 1 fully saturated rings. The SMILES string of the molecule is C=CCCC/C(=C1\CCC\C1=C\C)[Si](Cl)(Cl)Cl. The molecule has 0 unspecified atom stereocenters. The Morgan fingerprint density at radius 1 is 1.35 bits per heavy atom. The molecule has 1 saturated carbocycles. The third-order valence-electron chi connectivity index (χ3n) is 3.15. The average Bonchev–Trinajstić information content (AvgIpc) is 2.70. The molecular formula is C13H19Cl3Si. The van der Waals surface area contributed by atoms with Crippen LogP contribution in [-0.2, 0) is 0 Å². The van der Waals surface area contributed by atoms with E-state index in [1.54, 1.807) is 0 Å². The van der Waals surface area contributed by atoms with E-state index in [2.05, 4.69) is 19.6 Å². The maximum Gasteiger partial charge on any atom is 0.369 e. The lowest BCUT2D eigenvalue weighted by Gasteiger charge is -2.18. The highest BCUT2D eigenvalue weighted by molar-refractivity contribution is 7.67. The van der Waals surface area contributed by atoms with Gasteiger partial charge in [-0.25, -0.2) is 0 Å². The highest BCUT2D eigenvalue weighted by Gasteiger charge is 2.34. The maximum atomic E-state index is 6.24. The Morgan fingerprint density at radius 3 is 2.59 bits per heavy atom. The lowest BCUT2D eigenvalue weighted by molar-refractivity contribution is 0.847. The van der Waals surface area contributed by atoms with Crippen molar-refractivity contribution in [3.05, 3.63) is 35.1 Å². The van der Waals surface area contributed by atoms with E-state index in [0.29, 0.717) is 0 Å². The Hall–Kier alpha value is 0.307. The summed E-state index contributed by atoms with van der Waals surface area (Å²) < 4.78 is 0. The van der Waals surface area contributed by atoms with Crippen molar-refractivity contribution in [3.8, 4) is 0 Å². The van der Waals surface area contributed by atoms with Crippen LogP contribution in [-0.4, -0.2) is 6.00 Å². The molecule has 0 bridgehead atoms. The Labute approximate surface area is 119 Å². The van der Waals surface area contributed by atoms with Gasteiger partial charge in [0.15, 0.2) is 0 Å². The zero-order chi connectivity index (χ0) is 12.9. The first-order valence-corrected chi connectivity index (χ1v) is 11.1. The van der Waals surface area contributed by atoms with Crippen LogP contribution in [0.5, 0.6) is 0 Å². The highest BCUT2D eigenvalue weighted by Crippen LogP contribution is 2.41. The molecule has 0 heterocycles. The Bertz CT molecular complexity index is 337. The van der Waals surface area contributed by atoms with E-state index in [4.69, 9.17) is 33.2 Å². The number of rotatable bonds is 5. The van der Waals surface area contributed by atoms with Crippen LogP contribution in [0.1, 0.15) is 45.4 Å². The zero-order valence-electron chi connectivity index (χ0n) is 10.2. The van der Waals surface area contributed by atoms with Gasteiger partial charge in [0.2, 0.25) is 0 Å². The van der Waals surface area contributed by atoms with Crippen molar-refractivity contribution in [2.45, 2.75) is 45.4 Å². The first-order valence-electron chi connectivity index (χ1n) is 6.06. The monoisotopic (exact) mass is 308 g/mol. The zero-order valence-corrected chi connectivity index (χ0v) is 13.5. The van der Waals surface area contributed by atoms with Crippen molar-refractivity contribution < 1.29 is 0 Å². The number of unbranched alkanes of at least 4 members (excludes halogenated alkanes) is 1. The Balaban J connectivity index is 2.96. The summed E-state index contributed by atoms with van der Waals surface area (Å²) in [7, 11) is 0. The lowest BCUT2D eigenvalue weighted by Crippen LogP contribution is -2.17. The molecule has 1 rings (SSSR count). The van der Waals surface area contributed by atoms with E-state index >= 15 is 0 Å². The standard InChI is InChI=1S/C13H19Cl3Si/c1-3-5-6-10-13(17(14,15)16)12-9-7-8-11(12)4-2/h3-4H,1,5-10H2,2H3/b11-4-,13-12-. The van der Waals surface area contributed by atoms with Crippen LogP contribution in [0.2, 0.25) is 0 Å². The van der Waals surface area contributed by atoms with Gasteiger partial charge in [-0.3, -0.25) is 0 Å². The molecule has 0 radical (unpaired) electrons. The number of hydrogen-bond acceptors (Lipinski definition) is 0. The first kappa shape index (κ1) is 15.4. The van der Waals surface area contributed by atoms with Gasteiger partial charge in [-0.1, -0.05) is 12.2 Å². The van der Waals surface area contributed by atoms with Gasteiger partial charge in [-0.05, 0) is 61.8 Å². The second-order valence-corrected chi connectivity index (χ2v) is 12.7. The topological polar surface area (TPSA) is 0 Å². The van der Waals surface area contributed by atoms with Gasteiger partial charge >= 0.3 is 6.00 Å². The minimum Gasteiger partial charge on any atom is -0.121 e. The molecule has 17 heavy (non-hydrogen) atoms. The molecular weight excluding hydrogens is 291 g/mol. The highest BCUT2D eigenvalue weighted by atomic mass is 35.8. The second kappa shape index (κ2) is 7.03. The summed E-state index contributed by atoms with van der Waals surface area (Å²) in [4.78, 5) is 0. The molecule has 0 N–H and O–H groups in total. The molecule has 0 aromatic heterocycles. The summed E-state index contributed by atoms with van der Waals surface area (Å²) in [5.74, 6) is 0. The summed E-state index contributed by atoms with van der Waals surface area (Å²) in [6, 6.07) is -2.74. The molecule has 0 atom stereocenters. The fourth-order valence-corrected chi connectivity index (χ4v) is 5.28. The molecule has 1 aliphatic rings. The number of hydrogen-bond donors (Lipinski definition) is 0. The van der Waals surface area contributed by atoms with Crippen LogP contribution in [0.3, 0.4) is 0 Å². The van der Waals surface area contributed by atoms with E-state index in [1.165, 1.54) is 17.6 Å². The molecule has 0 saturated heterocycles. The number of allylic oxidation sites excluding steroid dienone is 5. The minimum atomic E-state index is -2.74. The van der Waals surface area contributed by atoms with Crippen molar-refractivity contribution in [1.82, 2.24) is 0 Å². The van der Waals surface area contributed by atoms with Crippen molar-refractivity contribution >= 4 is 39.2 Å².